The van der Waals surface area contributed by atoms with Gasteiger partial charge in [-0.25, -0.2) is 0 Å². The van der Waals surface area contributed by atoms with E-state index in [1.54, 1.807) is 7.11 Å². The van der Waals surface area contributed by atoms with Crippen LogP contribution in [0.5, 0.6) is 5.75 Å². The lowest BCUT2D eigenvalue weighted by Crippen LogP contribution is -2.27. The Morgan fingerprint density at radius 2 is 1.81 bits per heavy atom. The molecule has 3 aromatic rings. The van der Waals surface area contributed by atoms with Gasteiger partial charge in [-0.05, 0) is 30.5 Å². The van der Waals surface area contributed by atoms with Gasteiger partial charge in [0.2, 0.25) is 17.6 Å². The fourth-order valence-corrected chi connectivity index (χ4v) is 2.89. The maximum atomic E-state index is 12.4. The van der Waals surface area contributed by atoms with E-state index < -0.39 is 0 Å². The fraction of sp³-hybridized carbons (Fsp3) is 0.286. The van der Waals surface area contributed by atoms with Crippen LogP contribution in [0, 0.1) is 0 Å². The van der Waals surface area contributed by atoms with Crippen molar-refractivity contribution in [2.45, 2.75) is 32.2 Å². The molecule has 140 valence electrons. The molecular weight excluding hydrogens is 342 g/mol. The molecule has 0 aliphatic carbocycles. The zero-order chi connectivity index (χ0) is 19.2. The number of para-hydroxylation sites is 1. The fourth-order valence-electron chi connectivity index (χ4n) is 2.89. The molecule has 2 atom stereocenters. The Morgan fingerprint density at radius 1 is 1.11 bits per heavy atom. The number of hydrogen-bond acceptors (Lipinski definition) is 5. The molecule has 3 rings (SSSR count). The van der Waals surface area contributed by atoms with Crippen molar-refractivity contribution in [1.82, 2.24) is 15.5 Å². The van der Waals surface area contributed by atoms with Gasteiger partial charge in [0, 0.05) is 6.42 Å². The van der Waals surface area contributed by atoms with E-state index in [0.717, 1.165) is 11.1 Å². The van der Waals surface area contributed by atoms with E-state index in [2.05, 4.69) is 15.5 Å². The third-order valence-electron chi connectivity index (χ3n) is 4.40. The molecule has 1 N–H and O–H groups in total. The van der Waals surface area contributed by atoms with Crippen LogP contribution in [0.3, 0.4) is 0 Å². The van der Waals surface area contributed by atoms with Gasteiger partial charge in [0.1, 0.15) is 11.8 Å². The first kappa shape index (κ1) is 18.6. The van der Waals surface area contributed by atoms with Crippen LogP contribution in [0.15, 0.2) is 59.1 Å². The maximum Gasteiger partial charge on any atom is 0.249 e. The van der Waals surface area contributed by atoms with Crippen molar-refractivity contribution in [3.8, 4) is 17.1 Å². The second-order valence-electron chi connectivity index (χ2n) is 6.46. The number of aromatic nitrogens is 2. The van der Waals surface area contributed by atoms with Crippen LogP contribution < -0.4 is 10.1 Å². The Morgan fingerprint density at radius 3 is 2.56 bits per heavy atom. The summed E-state index contributed by atoms with van der Waals surface area (Å²) >= 11 is 0. The predicted molar refractivity (Wildman–Crippen MR) is 102 cm³/mol. The Kier molecular flexibility index (Phi) is 5.86. The average Bonchev–Trinajstić information content (AvgIpc) is 3.18. The molecule has 27 heavy (non-hydrogen) atoms. The number of ether oxygens (including phenoxy) is 1. The van der Waals surface area contributed by atoms with Gasteiger partial charge in [0.05, 0.1) is 12.7 Å². The van der Waals surface area contributed by atoms with Crippen molar-refractivity contribution in [3.63, 3.8) is 0 Å². The highest BCUT2D eigenvalue weighted by Gasteiger charge is 2.20. The topological polar surface area (TPSA) is 77.3 Å². The Balaban J connectivity index is 1.64. The Hall–Kier alpha value is -3.15. The normalized spacial score (nSPS) is 13.0. The quantitative estimate of drug-likeness (QED) is 0.681. The summed E-state index contributed by atoms with van der Waals surface area (Å²) in [5.41, 5.74) is 1.88. The van der Waals surface area contributed by atoms with E-state index in [1.165, 1.54) is 0 Å². The number of rotatable bonds is 7. The lowest BCUT2D eigenvalue weighted by atomic mass is 9.97. The number of nitrogens with zero attached hydrogens (tertiary/aromatic N) is 2. The number of carbonyl (C=O) groups excluding carboxylic acids is 1. The highest BCUT2D eigenvalue weighted by atomic mass is 16.5. The van der Waals surface area contributed by atoms with Crippen molar-refractivity contribution in [2.24, 2.45) is 0 Å². The molecule has 6 heteroatoms. The average molecular weight is 365 g/mol. The number of nitrogens with one attached hydrogen (secondary N) is 1. The van der Waals surface area contributed by atoms with Crippen molar-refractivity contribution in [3.05, 3.63) is 66.1 Å². The molecular formula is C21H23N3O3. The van der Waals surface area contributed by atoms with Gasteiger partial charge < -0.3 is 14.6 Å². The van der Waals surface area contributed by atoms with E-state index in [4.69, 9.17) is 9.26 Å². The van der Waals surface area contributed by atoms with Crippen LogP contribution >= 0.6 is 0 Å². The zero-order valence-corrected chi connectivity index (χ0v) is 15.7. The molecule has 0 unspecified atom stereocenters. The van der Waals surface area contributed by atoms with Crippen LogP contribution in [0.1, 0.15) is 43.7 Å². The summed E-state index contributed by atoms with van der Waals surface area (Å²) in [5, 5.41) is 6.94. The first-order valence-electron chi connectivity index (χ1n) is 8.89. The first-order chi connectivity index (χ1) is 13.1. The summed E-state index contributed by atoms with van der Waals surface area (Å²) in [7, 11) is 1.59. The molecule has 0 saturated heterocycles. The molecule has 0 radical (unpaired) electrons. The number of methoxy groups -OCH3 is 1. The zero-order valence-electron chi connectivity index (χ0n) is 15.7. The molecule has 0 saturated carbocycles. The summed E-state index contributed by atoms with van der Waals surface area (Å²) in [6, 6.07) is 17.0. The number of amides is 1. The van der Waals surface area contributed by atoms with Crippen molar-refractivity contribution >= 4 is 5.91 Å². The third kappa shape index (κ3) is 4.53. The number of benzene rings is 2. The lowest BCUT2D eigenvalue weighted by molar-refractivity contribution is -0.122. The smallest absolute Gasteiger partial charge is 0.249 e. The molecule has 2 aromatic carbocycles. The van der Waals surface area contributed by atoms with Crippen LogP contribution in [0.4, 0.5) is 0 Å². The first-order valence-corrected chi connectivity index (χ1v) is 8.89. The molecule has 0 spiro atoms. The molecule has 0 aliphatic rings. The predicted octanol–water partition coefficient (Wildman–Crippen LogP) is 4.12. The number of hydrogen-bond donors (Lipinski definition) is 1. The van der Waals surface area contributed by atoms with Gasteiger partial charge in [0.15, 0.2) is 0 Å². The van der Waals surface area contributed by atoms with E-state index in [9.17, 15) is 4.79 Å². The van der Waals surface area contributed by atoms with Crippen LogP contribution in [0.25, 0.3) is 11.4 Å². The standard InChI is InChI=1S/C21H23N3O3/c1-14(16-9-5-4-6-10-16)13-19(25)22-15(2)21-23-20(24-27-21)17-11-7-8-12-18(17)26-3/h4-12,14-15H,13H2,1-3H3,(H,22,25)/t14-,15-/m1/s1. The summed E-state index contributed by atoms with van der Waals surface area (Å²) in [5.74, 6) is 1.53. The minimum atomic E-state index is -0.378. The summed E-state index contributed by atoms with van der Waals surface area (Å²) in [6.07, 6.45) is 0.391. The van der Waals surface area contributed by atoms with Crippen molar-refractivity contribution in [1.29, 1.82) is 0 Å². The van der Waals surface area contributed by atoms with Crippen LogP contribution in [0.2, 0.25) is 0 Å². The van der Waals surface area contributed by atoms with Crippen molar-refractivity contribution < 1.29 is 14.1 Å². The minimum absolute atomic E-state index is 0.0594. The molecule has 1 heterocycles. The van der Waals surface area contributed by atoms with Gasteiger partial charge in [-0.2, -0.15) is 4.98 Å². The Bertz CT molecular complexity index is 892. The summed E-state index contributed by atoms with van der Waals surface area (Å²) in [6.45, 7) is 3.86. The van der Waals surface area contributed by atoms with Crippen molar-refractivity contribution in [2.75, 3.05) is 7.11 Å². The molecule has 1 aromatic heterocycles. The van der Waals surface area contributed by atoms with E-state index in [-0.39, 0.29) is 17.9 Å². The van der Waals surface area contributed by atoms with E-state index >= 15 is 0 Å². The molecule has 0 aliphatic heterocycles. The van der Waals surface area contributed by atoms with Gasteiger partial charge in [-0.15, -0.1) is 0 Å². The SMILES string of the molecule is COc1ccccc1-c1noc([C@@H](C)NC(=O)C[C@@H](C)c2ccccc2)n1. The molecule has 0 fully saturated rings. The minimum Gasteiger partial charge on any atom is -0.496 e. The van der Waals surface area contributed by atoms with E-state index in [0.29, 0.717) is 23.9 Å². The van der Waals surface area contributed by atoms with E-state index in [1.807, 2.05) is 68.4 Å². The summed E-state index contributed by atoms with van der Waals surface area (Å²) in [4.78, 5) is 16.8. The third-order valence-corrected chi connectivity index (χ3v) is 4.40. The highest BCUT2D eigenvalue weighted by molar-refractivity contribution is 5.77. The maximum absolute atomic E-state index is 12.4. The molecule has 0 bridgehead atoms. The van der Waals surface area contributed by atoms with Crippen LogP contribution in [-0.2, 0) is 4.79 Å². The second kappa shape index (κ2) is 8.49. The Labute approximate surface area is 158 Å². The van der Waals surface area contributed by atoms with Gasteiger partial charge >= 0.3 is 0 Å². The van der Waals surface area contributed by atoms with Gasteiger partial charge in [0.25, 0.3) is 0 Å². The monoisotopic (exact) mass is 365 g/mol. The largest absolute Gasteiger partial charge is 0.496 e. The highest BCUT2D eigenvalue weighted by Crippen LogP contribution is 2.28. The number of carbonyl (C=O) groups is 1. The summed E-state index contributed by atoms with van der Waals surface area (Å²) < 4.78 is 10.7. The molecule has 6 nitrogen and oxygen atoms in total. The second-order valence-corrected chi connectivity index (χ2v) is 6.46. The van der Waals surface area contributed by atoms with Crippen LogP contribution in [-0.4, -0.2) is 23.2 Å². The lowest BCUT2D eigenvalue weighted by Gasteiger charge is -2.14. The van der Waals surface area contributed by atoms with Gasteiger partial charge in [-0.1, -0.05) is 54.5 Å². The molecule has 1 amide bonds. The van der Waals surface area contributed by atoms with Gasteiger partial charge in [-0.3, -0.25) is 4.79 Å².